The highest BCUT2D eigenvalue weighted by Crippen LogP contribution is 2.32. The summed E-state index contributed by atoms with van der Waals surface area (Å²) in [7, 11) is 1.47. The Morgan fingerprint density at radius 1 is 1.50 bits per heavy atom. The number of methoxy groups -OCH3 is 1. The van der Waals surface area contributed by atoms with E-state index < -0.39 is 5.97 Å². The fraction of sp³-hybridized carbons (Fsp3) is 0.250. The second-order valence-corrected chi connectivity index (χ2v) is 4.18. The van der Waals surface area contributed by atoms with Crippen LogP contribution in [0.1, 0.15) is 10.4 Å². The van der Waals surface area contributed by atoms with Gasteiger partial charge in [0.2, 0.25) is 0 Å². The van der Waals surface area contributed by atoms with Crippen molar-refractivity contribution in [3.8, 4) is 5.75 Å². The number of hydrogen-bond donors (Lipinski definition) is 2. The van der Waals surface area contributed by atoms with Crippen molar-refractivity contribution in [2.45, 2.75) is 6.54 Å². The molecule has 0 aliphatic rings. The predicted molar refractivity (Wildman–Crippen MR) is 67.5 cm³/mol. The molecule has 0 aliphatic carbocycles. The molecule has 5 nitrogen and oxygen atoms in total. The quantitative estimate of drug-likeness (QED) is 0.890. The Hall–Kier alpha value is -1.72. The van der Waals surface area contributed by atoms with Gasteiger partial charge in [-0.15, -0.1) is 0 Å². The van der Waals surface area contributed by atoms with Gasteiger partial charge in [0.15, 0.2) is 0 Å². The molecule has 2 rings (SSSR count). The molecule has 96 valence electrons. The minimum atomic E-state index is -1.03. The lowest BCUT2D eigenvalue weighted by atomic mass is 10.1. The lowest BCUT2D eigenvalue weighted by molar-refractivity contribution is 0.0698. The van der Waals surface area contributed by atoms with E-state index in [9.17, 15) is 4.79 Å². The van der Waals surface area contributed by atoms with E-state index in [1.807, 2.05) is 0 Å². The van der Waals surface area contributed by atoms with Crippen molar-refractivity contribution < 1.29 is 19.7 Å². The maximum Gasteiger partial charge on any atom is 0.337 e. The average Bonchev–Trinajstić information content (AvgIpc) is 2.67. The highest BCUT2D eigenvalue weighted by atomic mass is 35.5. The van der Waals surface area contributed by atoms with Crippen LogP contribution < -0.4 is 4.74 Å². The van der Waals surface area contributed by atoms with Gasteiger partial charge in [0, 0.05) is 18.1 Å². The van der Waals surface area contributed by atoms with Crippen molar-refractivity contribution in [2.24, 2.45) is 0 Å². The number of carboxylic acids is 1. The molecule has 1 aromatic heterocycles. The molecular formula is C12H12ClNO4. The number of aliphatic hydroxyl groups excluding tert-OH is 1. The molecule has 0 atom stereocenters. The Balaban J connectivity index is 2.74. The summed E-state index contributed by atoms with van der Waals surface area (Å²) in [6, 6.07) is 3.23. The van der Waals surface area contributed by atoms with Gasteiger partial charge in [-0.1, -0.05) is 11.6 Å². The first-order valence-corrected chi connectivity index (χ1v) is 5.66. The van der Waals surface area contributed by atoms with E-state index in [-0.39, 0.29) is 12.2 Å². The van der Waals surface area contributed by atoms with Gasteiger partial charge in [0.05, 0.1) is 29.8 Å². The van der Waals surface area contributed by atoms with Gasteiger partial charge in [-0.2, -0.15) is 0 Å². The monoisotopic (exact) mass is 269 g/mol. The number of ether oxygens (including phenoxy) is 1. The topological polar surface area (TPSA) is 71.7 Å². The zero-order valence-corrected chi connectivity index (χ0v) is 10.4. The largest absolute Gasteiger partial charge is 0.495 e. The van der Waals surface area contributed by atoms with Crippen molar-refractivity contribution in [3.63, 3.8) is 0 Å². The van der Waals surface area contributed by atoms with Crippen LogP contribution in [0.15, 0.2) is 18.3 Å². The van der Waals surface area contributed by atoms with Gasteiger partial charge in [-0.05, 0) is 12.1 Å². The maximum absolute atomic E-state index is 11.2. The molecule has 0 radical (unpaired) electrons. The summed E-state index contributed by atoms with van der Waals surface area (Å²) in [4.78, 5) is 11.2. The molecule has 1 aromatic carbocycles. The van der Waals surface area contributed by atoms with Gasteiger partial charge in [-0.25, -0.2) is 4.79 Å². The minimum Gasteiger partial charge on any atom is -0.495 e. The van der Waals surface area contributed by atoms with Crippen LogP contribution in [0.3, 0.4) is 0 Å². The van der Waals surface area contributed by atoms with Gasteiger partial charge >= 0.3 is 5.97 Å². The number of benzene rings is 1. The van der Waals surface area contributed by atoms with Crippen LogP contribution in [-0.2, 0) is 6.54 Å². The second kappa shape index (κ2) is 4.88. The van der Waals surface area contributed by atoms with Gasteiger partial charge in [-0.3, -0.25) is 0 Å². The van der Waals surface area contributed by atoms with Crippen LogP contribution in [0.4, 0.5) is 0 Å². The molecule has 0 saturated heterocycles. The van der Waals surface area contributed by atoms with Gasteiger partial charge in [0.25, 0.3) is 0 Å². The van der Waals surface area contributed by atoms with Crippen molar-refractivity contribution in [3.05, 3.63) is 28.9 Å². The minimum absolute atomic E-state index is 0.0769. The summed E-state index contributed by atoms with van der Waals surface area (Å²) in [5, 5.41) is 19.1. The third-order valence-corrected chi connectivity index (χ3v) is 3.02. The molecule has 0 saturated carbocycles. The number of aromatic carboxylic acids is 1. The van der Waals surface area contributed by atoms with Crippen molar-refractivity contribution in [2.75, 3.05) is 13.7 Å². The standard InChI is InChI=1S/C12H12ClNO4/c1-18-11-4-7-8(12(16)17)6-14(2-3-15)10(7)5-9(11)13/h4-6,15H,2-3H2,1H3,(H,16,17). The van der Waals surface area contributed by atoms with Crippen LogP contribution in [0.5, 0.6) is 5.75 Å². The molecule has 0 amide bonds. The fourth-order valence-electron chi connectivity index (χ4n) is 1.91. The Bertz CT molecular complexity index is 606. The van der Waals surface area contributed by atoms with Gasteiger partial charge < -0.3 is 19.5 Å². The summed E-state index contributed by atoms with van der Waals surface area (Å²) in [6.45, 7) is 0.235. The van der Waals surface area contributed by atoms with Crippen LogP contribution in [-0.4, -0.2) is 34.5 Å². The van der Waals surface area contributed by atoms with E-state index in [2.05, 4.69) is 0 Å². The molecule has 0 aliphatic heterocycles. The van der Waals surface area contributed by atoms with E-state index in [4.69, 9.17) is 26.6 Å². The Morgan fingerprint density at radius 2 is 2.22 bits per heavy atom. The zero-order chi connectivity index (χ0) is 13.3. The Morgan fingerprint density at radius 3 is 2.78 bits per heavy atom. The Kier molecular flexibility index (Phi) is 3.45. The molecule has 1 heterocycles. The summed E-state index contributed by atoms with van der Waals surface area (Å²) in [5.74, 6) is -0.602. The lowest BCUT2D eigenvalue weighted by Crippen LogP contribution is -2.00. The molecule has 2 aromatic rings. The average molecular weight is 270 g/mol. The van der Waals surface area contributed by atoms with Crippen molar-refractivity contribution >= 4 is 28.5 Å². The smallest absolute Gasteiger partial charge is 0.337 e. The first-order valence-electron chi connectivity index (χ1n) is 5.29. The fourth-order valence-corrected chi connectivity index (χ4v) is 2.15. The molecular weight excluding hydrogens is 258 g/mol. The number of nitrogens with zero attached hydrogens (tertiary/aromatic N) is 1. The summed E-state index contributed by atoms with van der Waals surface area (Å²) in [6.07, 6.45) is 1.49. The molecule has 6 heteroatoms. The van der Waals surface area contributed by atoms with E-state index in [1.54, 1.807) is 16.7 Å². The summed E-state index contributed by atoms with van der Waals surface area (Å²) >= 11 is 6.02. The summed E-state index contributed by atoms with van der Waals surface area (Å²) < 4.78 is 6.73. The first kappa shape index (κ1) is 12.7. The molecule has 0 spiro atoms. The van der Waals surface area contributed by atoms with Crippen LogP contribution in [0, 0.1) is 0 Å². The number of aliphatic hydroxyl groups is 1. The number of carboxylic acid groups (broad SMARTS) is 1. The van der Waals surface area contributed by atoms with Crippen molar-refractivity contribution in [1.82, 2.24) is 4.57 Å². The highest BCUT2D eigenvalue weighted by molar-refractivity contribution is 6.33. The predicted octanol–water partition coefficient (Wildman–Crippen LogP) is 1.99. The molecule has 0 bridgehead atoms. The molecule has 0 unspecified atom stereocenters. The second-order valence-electron chi connectivity index (χ2n) is 3.77. The SMILES string of the molecule is COc1cc2c(C(=O)O)cn(CCO)c2cc1Cl. The molecule has 0 fully saturated rings. The van der Waals surface area contributed by atoms with Crippen LogP contribution in [0.2, 0.25) is 5.02 Å². The van der Waals surface area contributed by atoms with Gasteiger partial charge in [0.1, 0.15) is 5.75 Å². The normalized spacial score (nSPS) is 10.8. The molecule has 2 N–H and O–H groups in total. The maximum atomic E-state index is 11.2. The number of aromatic nitrogens is 1. The summed E-state index contributed by atoms with van der Waals surface area (Å²) in [5.41, 5.74) is 0.820. The van der Waals surface area contributed by atoms with E-state index in [0.717, 1.165) is 0 Å². The number of hydrogen-bond acceptors (Lipinski definition) is 3. The van der Waals surface area contributed by atoms with Crippen LogP contribution >= 0.6 is 11.6 Å². The highest BCUT2D eigenvalue weighted by Gasteiger charge is 2.16. The van der Waals surface area contributed by atoms with E-state index in [1.165, 1.54) is 13.3 Å². The number of fused-ring (bicyclic) bond motifs is 1. The van der Waals surface area contributed by atoms with E-state index in [0.29, 0.717) is 28.2 Å². The number of halogens is 1. The molecule has 18 heavy (non-hydrogen) atoms. The third-order valence-electron chi connectivity index (χ3n) is 2.73. The zero-order valence-electron chi connectivity index (χ0n) is 9.68. The third kappa shape index (κ3) is 2.02. The van der Waals surface area contributed by atoms with Crippen molar-refractivity contribution in [1.29, 1.82) is 0 Å². The van der Waals surface area contributed by atoms with E-state index >= 15 is 0 Å². The number of rotatable bonds is 4. The number of carbonyl (C=O) groups is 1. The Labute approximate surface area is 108 Å². The lowest BCUT2D eigenvalue weighted by Gasteiger charge is -2.06. The van der Waals surface area contributed by atoms with Crippen LogP contribution in [0.25, 0.3) is 10.9 Å². The first-order chi connectivity index (χ1) is 8.58.